The van der Waals surface area contributed by atoms with Crippen LogP contribution in [0.2, 0.25) is 0 Å². The van der Waals surface area contributed by atoms with Crippen LogP contribution in [-0.2, 0) is 0 Å². The lowest BCUT2D eigenvalue weighted by atomic mass is 10.2. The second-order valence-corrected chi connectivity index (χ2v) is 2.96. The molecule has 0 atom stereocenters. The molecule has 0 fully saturated rings. The van der Waals surface area contributed by atoms with E-state index in [9.17, 15) is 4.39 Å². The average molecular weight is 179 g/mol. The minimum Gasteiger partial charge on any atom is -0.339 e. The molecule has 68 valence electrons. The van der Waals surface area contributed by atoms with E-state index in [0.717, 1.165) is 11.4 Å². The maximum absolute atomic E-state index is 12.9. The van der Waals surface area contributed by atoms with Gasteiger partial charge in [-0.1, -0.05) is 12.1 Å². The van der Waals surface area contributed by atoms with Gasteiger partial charge in [0, 0.05) is 12.6 Å². The van der Waals surface area contributed by atoms with Crippen LogP contribution >= 0.6 is 0 Å². The van der Waals surface area contributed by atoms with E-state index in [2.05, 4.69) is 10.5 Å². The number of rotatable bonds is 1. The summed E-state index contributed by atoms with van der Waals surface area (Å²) in [5.41, 5.74) is 3.63. The molecular formula is C9H10FN3. The van der Waals surface area contributed by atoms with Gasteiger partial charge in [-0.15, -0.1) is 0 Å². The van der Waals surface area contributed by atoms with Crippen LogP contribution in [0.3, 0.4) is 0 Å². The van der Waals surface area contributed by atoms with Gasteiger partial charge in [0.25, 0.3) is 0 Å². The molecule has 0 saturated carbocycles. The summed E-state index contributed by atoms with van der Waals surface area (Å²) in [5.74, 6) is 0.542. The summed E-state index contributed by atoms with van der Waals surface area (Å²) in [6, 6.07) is 6.42. The van der Waals surface area contributed by atoms with Crippen LogP contribution in [0.15, 0.2) is 29.4 Å². The Kier molecular flexibility index (Phi) is 1.88. The van der Waals surface area contributed by atoms with Crippen LogP contribution in [0, 0.1) is 5.82 Å². The molecular weight excluding hydrogens is 169 g/mol. The predicted octanol–water partition coefficient (Wildman–Crippen LogP) is 0.980. The van der Waals surface area contributed by atoms with Crippen LogP contribution in [-0.4, -0.2) is 24.5 Å². The Hall–Kier alpha value is -1.58. The van der Waals surface area contributed by atoms with E-state index < -0.39 is 0 Å². The third-order valence-corrected chi connectivity index (χ3v) is 1.94. The number of benzene rings is 1. The van der Waals surface area contributed by atoms with Crippen LogP contribution in [0.1, 0.15) is 5.56 Å². The zero-order valence-corrected chi connectivity index (χ0v) is 7.29. The summed E-state index contributed by atoms with van der Waals surface area (Å²) in [6.07, 6.45) is 0. The van der Waals surface area contributed by atoms with Gasteiger partial charge in [-0.3, -0.25) is 5.43 Å². The van der Waals surface area contributed by atoms with Crippen molar-refractivity contribution >= 4 is 5.84 Å². The van der Waals surface area contributed by atoms with Crippen molar-refractivity contribution in [1.29, 1.82) is 0 Å². The quantitative estimate of drug-likeness (QED) is 0.696. The van der Waals surface area contributed by atoms with E-state index >= 15 is 0 Å². The Morgan fingerprint density at radius 3 is 3.00 bits per heavy atom. The van der Waals surface area contributed by atoms with Crippen LogP contribution in [0.4, 0.5) is 4.39 Å². The summed E-state index contributed by atoms with van der Waals surface area (Å²) in [7, 11) is 1.91. The number of halogens is 1. The number of hydrogen-bond acceptors (Lipinski definition) is 3. The van der Waals surface area contributed by atoms with Crippen LogP contribution < -0.4 is 5.43 Å². The molecule has 0 radical (unpaired) electrons. The van der Waals surface area contributed by atoms with Crippen molar-refractivity contribution in [2.24, 2.45) is 5.10 Å². The average Bonchev–Trinajstić information content (AvgIpc) is 2.51. The van der Waals surface area contributed by atoms with E-state index in [1.54, 1.807) is 6.07 Å². The topological polar surface area (TPSA) is 27.6 Å². The molecule has 1 heterocycles. The van der Waals surface area contributed by atoms with Gasteiger partial charge in [0.1, 0.15) is 12.5 Å². The molecule has 0 spiro atoms. The SMILES string of the molecule is CN1CNN=C1c1cccc(F)c1. The third kappa shape index (κ3) is 1.47. The molecule has 2 rings (SSSR count). The van der Waals surface area contributed by atoms with Crippen molar-refractivity contribution in [3.63, 3.8) is 0 Å². The van der Waals surface area contributed by atoms with E-state index in [1.807, 2.05) is 18.0 Å². The molecule has 0 unspecified atom stereocenters. The maximum atomic E-state index is 12.9. The number of nitrogens with one attached hydrogen (secondary N) is 1. The Bertz CT molecular complexity index is 348. The first kappa shape index (κ1) is 8.04. The molecule has 0 saturated heterocycles. The Morgan fingerprint density at radius 2 is 2.38 bits per heavy atom. The first-order valence-electron chi connectivity index (χ1n) is 4.05. The van der Waals surface area contributed by atoms with Crippen molar-refractivity contribution in [1.82, 2.24) is 10.3 Å². The van der Waals surface area contributed by atoms with E-state index in [-0.39, 0.29) is 5.82 Å². The zero-order valence-electron chi connectivity index (χ0n) is 7.29. The minimum absolute atomic E-state index is 0.236. The number of hydrogen-bond donors (Lipinski definition) is 1. The molecule has 1 aromatic rings. The fourth-order valence-corrected chi connectivity index (χ4v) is 1.29. The van der Waals surface area contributed by atoms with Gasteiger partial charge in [-0.25, -0.2) is 4.39 Å². The fraction of sp³-hybridized carbons (Fsp3) is 0.222. The van der Waals surface area contributed by atoms with Gasteiger partial charge in [-0.2, -0.15) is 5.10 Å². The second kappa shape index (κ2) is 3.05. The van der Waals surface area contributed by atoms with Crippen LogP contribution in [0.5, 0.6) is 0 Å². The molecule has 0 bridgehead atoms. The highest BCUT2D eigenvalue weighted by Crippen LogP contribution is 2.08. The lowest BCUT2D eigenvalue weighted by Gasteiger charge is -2.11. The Balaban J connectivity index is 2.35. The minimum atomic E-state index is -0.236. The number of nitrogens with zero attached hydrogens (tertiary/aromatic N) is 2. The molecule has 4 heteroatoms. The van der Waals surface area contributed by atoms with Gasteiger partial charge in [0.05, 0.1) is 0 Å². The van der Waals surface area contributed by atoms with Gasteiger partial charge in [0.15, 0.2) is 5.84 Å². The molecule has 0 amide bonds. The van der Waals surface area contributed by atoms with Crippen molar-refractivity contribution in [3.8, 4) is 0 Å². The largest absolute Gasteiger partial charge is 0.339 e. The van der Waals surface area contributed by atoms with Crippen LogP contribution in [0.25, 0.3) is 0 Å². The van der Waals surface area contributed by atoms with E-state index in [1.165, 1.54) is 12.1 Å². The summed E-state index contributed by atoms with van der Waals surface area (Å²) >= 11 is 0. The highest BCUT2D eigenvalue weighted by Gasteiger charge is 2.14. The molecule has 3 nitrogen and oxygen atoms in total. The molecule has 1 aromatic carbocycles. The van der Waals surface area contributed by atoms with Gasteiger partial charge in [-0.05, 0) is 12.1 Å². The van der Waals surface area contributed by atoms with E-state index in [0.29, 0.717) is 6.67 Å². The summed E-state index contributed by atoms with van der Waals surface area (Å²) in [4.78, 5) is 1.93. The number of hydrazone groups is 1. The Morgan fingerprint density at radius 1 is 1.54 bits per heavy atom. The fourth-order valence-electron chi connectivity index (χ4n) is 1.29. The van der Waals surface area contributed by atoms with Crippen molar-refractivity contribution < 1.29 is 4.39 Å². The molecule has 0 aliphatic carbocycles. The molecule has 1 aliphatic heterocycles. The van der Waals surface area contributed by atoms with E-state index in [4.69, 9.17) is 0 Å². The lowest BCUT2D eigenvalue weighted by molar-refractivity contribution is 0.506. The van der Waals surface area contributed by atoms with Crippen molar-refractivity contribution in [3.05, 3.63) is 35.6 Å². The van der Waals surface area contributed by atoms with Gasteiger partial charge < -0.3 is 4.90 Å². The van der Waals surface area contributed by atoms with Crippen molar-refractivity contribution in [2.75, 3.05) is 13.7 Å². The first-order valence-corrected chi connectivity index (χ1v) is 4.05. The first-order chi connectivity index (χ1) is 6.27. The summed E-state index contributed by atoms with van der Waals surface area (Å²) in [6.45, 7) is 0.672. The standard InChI is InChI=1S/C9H10FN3/c1-13-6-11-12-9(13)7-3-2-4-8(10)5-7/h2-5,11H,6H2,1H3. The number of amidine groups is 1. The summed E-state index contributed by atoms with van der Waals surface area (Å²) < 4.78 is 12.9. The monoisotopic (exact) mass is 179 g/mol. The maximum Gasteiger partial charge on any atom is 0.157 e. The highest BCUT2D eigenvalue weighted by atomic mass is 19.1. The molecule has 1 aliphatic rings. The zero-order chi connectivity index (χ0) is 9.26. The molecule has 13 heavy (non-hydrogen) atoms. The van der Waals surface area contributed by atoms with Gasteiger partial charge in [0.2, 0.25) is 0 Å². The third-order valence-electron chi connectivity index (χ3n) is 1.94. The molecule has 1 N–H and O–H groups in total. The Labute approximate surface area is 75.9 Å². The predicted molar refractivity (Wildman–Crippen MR) is 48.7 cm³/mol. The molecule has 0 aromatic heterocycles. The smallest absolute Gasteiger partial charge is 0.157 e. The summed E-state index contributed by atoms with van der Waals surface area (Å²) in [5, 5.41) is 4.05. The highest BCUT2D eigenvalue weighted by molar-refractivity contribution is 5.99. The van der Waals surface area contributed by atoms with Gasteiger partial charge >= 0.3 is 0 Å². The van der Waals surface area contributed by atoms with Crippen molar-refractivity contribution in [2.45, 2.75) is 0 Å². The normalized spacial score (nSPS) is 15.5. The second-order valence-electron chi connectivity index (χ2n) is 2.96. The lowest BCUT2D eigenvalue weighted by Crippen LogP contribution is -2.25.